The molecule has 1 aromatic heterocycles. The fourth-order valence-electron chi connectivity index (χ4n) is 1.45. The lowest BCUT2D eigenvalue weighted by molar-refractivity contribution is 0.600. The second-order valence-electron chi connectivity index (χ2n) is 3.95. The van der Waals surface area contributed by atoms with E-state index in [1.54, 1.807) is 19.1 Å². The molecule has 0 aliphatic carbocycles. The number of aryl methyl sites for hydroxylation is 2. The number of nitrogens with one attached hydrogen (secondary N) is 1. The Morgan fingerprint density at radius 3 is 2.44 bits per heavy atom. The minimum atomic E-state index is -3.70. The highest BCUT2D eigenvalue weighted by molar-refractivity contribution is 7.94. The molecule has 1 heterocycles. The van der Waals surface area contributed by atoms with Gasteiger partial charge >= 0.3 is 0 Å². The number of rotatable bonds is 3. The van der Waals surface area contributed by atoms with Crippen LogP contribution in [0.5, 0.6) is 0 Å². The molecular formula is C12H12FNO2S2. The number of anilines is 1. The van der Waals surface area contributed by atoms with Gasteiger partial charge in [0.05, 0.1) is 5.69 Å². The first-order valence-corrected chi connectivity index (χ1v) is 7.54. The Kier molecular flexibility index (Phi) is 3.41. The highest BCUT2D eigenvalue weighted by Crippen LogP contribution is 2.24. The summed E-state index contributed by atoms with van der Waals surface area (Å²) in [6.45, 7) is 3.56. The topological polar surface area (TPSA) is 46.2 Å². The van der Waals surface area contributed by atoms with Gasteiger partial charge in [0.25, 0.3) is 10.0 Å². The van der Waals surface area contributed by atoms with Gasteiger partial charge in [0, 0.05) is 4.88 Å². The quantitative estimate of drug-likeness (QED) is 0.940. The highest BCUT2D eigenvalue weighted by atomic mass is 32.2. The third kappa shape index (κ3) is 2.70. The molecule has 0 unspecified atom stereocenters. The summed E-state index contributed by atoms with van der Waals surface area (Å²) >= 11 is 1.15. The molecule has 3 nitrogen and oxygen atoms in total. The predicted octanol–water partition coefficient (Wildman–Crippen LogP) is 3.30. The number of halogens is 1. The molecule has 0 atom stereocenters. The lowest BCUT2D eigenvalue weighted by Crippen LogP contribution is -2.12. The van der Waals surface area contributed by atoms with E-state index in [0.717, 1.165) is 21.8 Å². The smallest absolute Gasteiger partial charge is 0.271 e. The highest BCUT2D eigenvalue weighted by Gasteiger charge is 2.17. The first kappa shape index (κ1) is 13.0. The van der Waals surface area contributed by atoms with Crippen LogP contribution in [0.3, 0.4) is 0 Å². The molecule has 1 aromatic carbocycles. The molecule has 0 spiro atoms. The second kappa shape index (κ2) is 4.70. The van der Waals surface area contributed by atoms with Crippen LogP contribution in [-0.4, -0.2) is 8.42 Å². The third-order valence-electron chi connectivity index (χ3n) is 2.35. The molecule has 2 aromatic rings. The lowest BCUT2D eigenvalue weighted by atomic mass is 10.2. The Hall–Kier alpha value is -1.40. The van der Waals surface area contributed by atoms with Gasteiger partial charge in [0.1, 0.15) is 10.0 Å². The van der Waals surface area contributed by atoms with E-state index in [4.69, 9.17) is 0 Å². The Balaban J connectivity index is 2.33. The van der Waals surface area contributed by atoms with Crippen molar-refractivity contribution in [3.05, 3.63) is 46.6 Å². The van der Waals surface area contributed by atoms with Gasteiger partial charge < -0.3 is 0 Å². The van der Waals surface area contributed by atoms with Gasteiger partial charge in [-0.05, 0) is 43.7 Å². The van der Waals surface area contributed by atoms with Crippen LogP contribution in [-0.2, 0) is 10.0 Å². The van der Waals surface area contributed by atoms with Crippen molar-refractivity contribution in [3.8, 4) is 0 Å². The standard InChI is InChI=1S/C12H12FNO2S2/c1-8-3-5-11(10(13)7-8)14-18(15,16)12-6-4-9(2)17-12/h3-7,14H,1-2H3. The van der Waals surface area contributed by atoms with Crippen molar-refractivity contribution >= 4 is 27.0 Å². The average molecular weight is 285 g/mol. The van der Waals surface area contributed by atoms with Crippen LogP contribution >= 0.6 is 11.3 Å². The van der Waals surface area contributed by atoms with Crippen LogP contribution in [0.25, 0.3) is 0 Å². The number of sulfonamides is 1. The van der Waals surface area contributed by atoms with Crippen molar-refractivity contribution in [1.82, 2.24) is 0 Å². The summed E-state index contributed by atoms with van der Waals surface area (Å²) < 4.78 is 40.0. The molecule has 0 radical (unpaired) electrons. The molecule has 0 saturated carbocycles. The zero-order valence-electron chi connectivity index (χ0n) is 9.90. The van der Waals surface area contributed by atoms with Crippen LogP contribution < -0.4 is 4.72 Å². The number of hydrogen-bond acceptors (Lipinski definition) is 3. The maximum Gasteiger partial charge on any atom is 0.271 e. The molecule has 6 heteroatoms. The van der Waals surface area contributed by atoms with Crippen molar-refractivity contribution in [2.24, 2.45) is 0 Å². The summed E-state index contributed by atoms with van der Waals surface area (Å²) in [4.78, 5) is 0.889. The van der Waals surface area contributed by atoms with E-state index >= 15 is 0 Å². The van der Waals surface area contributed by atoms with Crippen LogP contribution in [0.15, 0.2) is 34.5 Å². The summed E-state index contributed by atoms with van der Waals surface area (Å²) in [6.07, 6.45) is 0. The Labute approximate surface area is 109 Å². The molecular weight excluding hydrogens is 273 g/mol. The SMILES string of the molecule is Cc1ccc(NS(=O)(=O)c2ccc(C)s2)c(F)c1. The summed E-state index contributed by atoms with van der Waals surface area (Å²) in [5, 5.41) is 0. The molecule has 96 valence electrons. The maximum absolute atomic E-state index is 13.6. The van der Waals surface area contributed by atoms with Gasteiger partial charge in [-0.2, -0.15) is 0 Å². The summed E-state index contributed by atoms with van der Waals surface area (Å²) in [6, 6.07) is 7.58. The van der Waals surface area contributed by atoms with Gasteiger partial charge in [-0.1, -0.05) is 6.07 Å². The molecule has 0 amide bonds. The number of hydrogen-bond donors (Lipinski definition) is 1. The van der Waals surface area contributed by atoms with Crippen molar-refractivity contribution < 1.29 is 12.8 Å². The van der Waals surface area contributed by atoms with Crippen molar-refractivity contribution in [2.45, 2.75) is 18.1 Å². The molecule has 0 fully saturated rings. The maximum atomic E-state index is 13.6. The monoisotopic (exact) mass is 285 g/mol. The number of benzene rings is 1. The molecule has 0 aliphatic rings. The number of thiophene rings is 1. The first-order valence-electron chi connectivity index (χ1n) is 5.24. The van der Waals surface area contributed by atoms with Gasteiger partial charge in [-0.25, -0.2) is 12.8 Å². The van der Waals surface area contributed by atoms with Crippen LogP contribution in [0, 0.1) is 19.7 Å². The van der Waals surface area contributed by atoms with E-state index in [1.807, 2.05) is 6.92 Å². The van der Waals surface area contributed by atoms with Crippen molar-refractivity contribution in [1.29, 1.82) is 0 Å². The largest absolute Gasteiger partial charge is 0.276 e. The van der Waals surface area contributed by atoms with E-state index < -0.39 is 15.8 Å². The van der Waals surface area contributed by atoms with Gasteiger partial charge in [0.2, 0.25) is 0 Å². The molecule has 1 N–H and O–H groups in total. The zero-order chi connectivity index (χ0) is 13.3. The summed E-state index contributed by atoms with van der Waals surface area (Å²) in [5.41, 5.74) is 0.703. The zero-order valence-corrected chi connectivity index (χ0v) is 11.5. The first-order chi connectivity index (χ1) is 8.38. The Bertz CT molecular complexity index is 677. The lowest BCUT2D eigenvalue weighted by Gasteiger charge is -2.07. The third-order valence-corrected chi connectivity index (χ3v) is 5.21. The van der Waals surface area contributed by atoms with Crippen molar-refractivity contribution in [3.63, 3.8) is 0 Å². The molecule has 0 aliphatic heterocycles. The van der Waals surface area contributed by atoms with E-state index in [-0.39, 0.29) is 9.90 Å². The van der Waals surface area contributed by atoms with Crippen LogP contribution in [0.4, 0.5) is 10.1 Å². The summed E-state index contributed by atoms with van der Waals surface area (Å²) in [5.74, 6) is -0.577. The van der Waals surface area contributed by atoms with E-state index in [9.17, 15) is 12.8 Å². The molecule has 0 saturated heterocycles. The fraction of sp³-hybridized carbons (Fsp3) is 0.167. The van der Waals surface area contributed by atoms with Crippen LogP contribution in [0.1, 0.15) is 10.4 Å². The minimum Gasteiger partial charge on any atom is -0.276 e. The van der Waals surface area contributed by atoms with Crippen LogP contribution in [0.2, 0.25) is 0 Å². The van der Waals surface area contributed by atoms with Gasteiger partial charge in [0.15, 0.2) is 0 Å². The predicted molar refractivity (Wildman–Crippen MR) is 71.0 cm³/mol. The molecule has 18 heavy (non-hydrogen) atoms. The minimum absolute atomic E-state index is 0.0355. The Morgan fingerprint density at radius 2 is 1.89 bits per heavy atom. The van der Waals surface area contributed by atoms with Crippen molar-refractivity contribution in [2.75, 3.05) is 4.72 Å². The van der Waals surface area contributed by atoms with Gasteiger partial charge in [-0.15, -0.1) is 11.3 Å². The second-order valence-corrected chi connectivity index (χ2v) is 7.15. The molecule has 0 bridgehead atoms. The average Bonchev–Trinajstić information content (AvgIpc) is 2.70. The fourth-order valence-corrected chi connectivity index (χ4v) is 3.81. The molecule has 2 rings (SSSR count). The van der Waals surface area contributed by atoms with E-state index in [2.05, 4.69) is 4.72 Å². The van der Waals surface area contributed by atoms with E-state index in [1.165, 1.54) is 18.2 Å². The Morgan fingerprint density at radius 1 is 1.17 bits per heavy atom. The normalized spacial score (nSPS) is 11.5. The summed E-state index contributed by atoms with van der Waals surface area (Å²) in [7, 11) is -3.70. The van der Waals surface area contributed by atoms with Gasteiger partial charge in [-0.3, -0.25) is 4.72 Å². The van der Waals surface area contributed by atoms with E-state index in [0.29, 0.717) is 0 Å².